The summed E-state index contributed by atoms with van der Waals surface area (Å²) in [5, 5.41) is 6.27. The third-order valence-corrected chi connectivity index (χ3v) is 2.77. The van der Waals surface area contributed by atoms with Gasteiger partial charge in [-0.15, -0.1) is 0 Å². The fourth-order valence-electron chi connectivity index (χ4n) is 1.45. The smallest absolute Gasteiger partial charge is 0.251 e. The predicted octanol–water partition coefficient (Wildman–Crippen LogP) is 1.05. The van der Waals surface area contributed by atoms with E-state index in [1.54, 1.807) is 12.1 Å². The van der Waals surface area contributed by atoms with E-state index in [4.69, 9.17) is 16.3 Å². The largest absolute Gasteiger partial charge is 0.363 e. The molecular formula is C11H14ClN3O2. The number of amides is 1. The molecular weight excluding hydrogens is 242 g/mol. The maximum absolute atomic E-state index is 11.6. The van der Waals surface area contributed by atoms with Crippen molar-refractivity contribution in [3.63, 3.8) is 0 Å². The Morgan fingerprint density at radius 2 is 2.41 bits per heavy atom. The van der Waals surface area contributed by atoms with Gasteiger partial charge >= 0.3 is 0 Å². The van der Waals surface area contributed by atoms with Crippen LogP contribution in [-0.2, 0) is 9.53 Å². The molecule has 17 heavy (non-hydrogen) atoms. The van der Waals surface area contributed by atoms with Crippen LogP contribution in [-0.4, -0.2) is 36.2 Å². The second-order valence-corrected chi connectivity index (χ2v) is 4.69. The Bertz CT molecular complexity index is 404. The molecule has 5 nitrogen and oxygen atoms in total. The minimum Gasteiger partial charge on any atom is -0.363 e. The highest BCUT2D eigenvalue weighted by Gasteiger charge is 2.32. The Morgan fingerprint density at radius 3 is 2.94 bits per heavy atom. The van der Waals surface area contributed by atoms with Crippen LogP contribution in [0.3, 0.4) is 0 Å². The summed E-state index contributed by atoms with van der Waals surface area (Å²) in [5.41, 5.74) is -0.217. The van der Waals surface area contributed by atoms with Gasteiger partial charge in [-0.3, -0.25) is 4.79 Å². The number of rotatable bonds is 4. The zero-order chi connectivity index (χ0) is 12.3. The van der Waals surface area contributed by atoms with Gasteiger partial charge in [-0.05, 0) is 19.1 Å². The number of nitrogens with zero attached hydrogens (tertiary/aromatic N) is 1. The predicted molar refractivity (Wildman–Crippen MR) is 65.1 cm³/mol. The van der Waals surface area contributed by atoms with Gasteiger partial charge in [-0.2, -0.15) is 0 Å². The monoisotopic (exact) mass is 255 g/mol. The maximum Gasteiger partial charge on any atom is 0.251 e. The van der Waals surface area contributed by atoms with Gasteiger partial charge in [0.15, 0.2) is 0 Å². The van der Waals surface area contributed by atoms with Crippen LogP contribution in [0.25, 0.3) is 0 Å². The average molecular weight is 256 g/mol. The van der Waals surface area contributed by atoms with Gasteiger partial charge in [0.25, 0.3) is 5.91 Å². The highest BCUT2D eigenvalue weighted by molar-refractivity contribution is 6.30. The SMILES string of the molecule is CC1(OCC(=O)Nc2ccc(Cl)cn2)CNC1. The van der Waals surface area contributed by atoms with Crippen molar-refractivity contribution in [1.29, 1.82) is 0 Å². The van der Waals surface area contributed by atoms with Crippen molar-refractivity contribution in [2.45, 2.75) is 12.5 Å². The molecule has 2 heterocycles. The molecule has 1 saturated heterocycles. The van der Waals surface area contributed by atoms with Gasteiger partial charge in [-0.25, -0.2) is 4.98 Å². The van der Waals surface area contributed by atoms with Crippen LogP contribution >= 0.6 is 11.6 Å². The normalized spacial score (nSPS) is 17.3. The van der Waals surface area contributed by atoms with Crippen LogP contribution in [0, 0.1) is 0 Å². The number of halogens is 1. The van der Waals surface area contributed by atoms with E-state index < -0.39 is 0 Å². The Hall–Kier alpha value is -1.17. The molecule has 1 aliphatic rings. The molecule has 2 rings (SSSR count). The van der Waals surface area contributed by atoms with Crippen molar-refractivity contribution in [2.75, 3.05) is 25.0 Å². The zero-order valence-electron chi connectivity index (χ0n) is 9.50. The standard InChI is InChI=1S/C11H14ClN3O2/c1-11(6-13-7-11)17-5-10(16)15-9-3-2-8(12)4-14-9/h2-4,13H,5-7H2,1H3,(H,14,15,16). The van der Waals surface area contributed by atoms with Crippen molar-refractivity contribution in [3.8, 4) is 0 Å². The molecule has 2 N–H and O–H groups in total. The molecule has 1 aromatic heterocycles. The molecule has 6 heteroatoms. The molecule has 0 aromatic carbocycles. The van der Waals surface area contributed by atoms with Gasteiger partial charge in [0, 0.05) is 19.3 Å². The summed E-state index contributed by atoms with van der Waals surface area (Å²) in [6.07, 6.45) is 1.48. The third kappa shape index (κ3) is 3.39. The number of carbonyl (C=O) groups is 1. The third-order valence-electron chi connectivity index (χ3n) is 2.54. The Morgan fingerprint density at radius 1 is 1.65 bits per heavy atom. The van der Waals surface area contributed by atoms with Crippen molar-refractivity contribution in [2.24, 2.45) is 0 Å². The first-order valence-electron chi connectivity index (χ1n) is 5.33. The van der Waals surface area contributed by atoms with Crippen LogP contribution < -0.4 is 10.6 Å². The van der Waals surface area contributed by atoms with E-state index in [9.17, 15) is 4.79 Å². The van der Waals surface area contributed by atoms with Gasteiger partial charge < -0.3 is 15.4 Å². The fraction of sp³-hybridized carbons (Fsp3) is 0.455. The molecule has 0 aliphatic carbocycles. The highest BCUT2D eigenvalue weighted by Crippen LogP contribution is 2.15. The molecule has 0 atom stereocenters. The second kappa shape index (κ2) is 5.00. The molecule has 0 bridgehead atoms. The van der Waals surface area contributed by atoms with Crippen molar-refractivity contribution >= 4 is 23.3 Å². The molecule has 0 unspecified atom stereocenters. The lowest BCUT2D eigenvalue weighted by molar-refractivity contribution is -0.130. The van der Waals surface area contributed by atoms with E-state index in [0.29, 0.717) is 10.8 Å². The van der Waals surface area contributed by atoms with Gasteiger partial charge in [0.1, 0.15) is 12.4 Å². The Labute approximate surface area is 105 Å². The van der Waals surface area contributed by atoms with Crippen molar-refractivity contribution in [1.82, 2.24) is 10.3 Å². The Kier molecular flexibility index (Phi) is 3.61. The number of ether oxygens (including phenoxy) is 1. The van der Waals surface area contributed by atoms with E-state index in [0.717, 1.165) is 13.1 Å². The summed E-state index contributed by atoms with van der Waals surface area (Å²) >= 11 is 5.69. The first kappa shape index (κ1) is 12.3. The zero-order valence-corrected chi connectivity index (χ0v) is 10.3. The van der Waals surface area contributed by atoms with Gasteiger partial charge in [0.05, 0.1) is 10.6 Å². The van der Waals surface area contributed by atoms with Crippen molar-refractivity contribution < 1.29 is 9.53 Å². The fourth-order valence-corrected chi connectivity index (χ4v) is 1.56. The van der Waals surface area contributed by atoms with E-state index >= 15 is 0 Å². The molecule has 0 radical (unpaired) electrons. The molecule has 1 amide bonds. The molecule has 0 saturated carbocycles. The molecule has 1 aliphatic heterocycles. The molecule has 1 aromatic rings. The van der Waals surface area contributed by atoms with Crippen LogP contribution in [0.1, 0.15) is 6.92 Å². The number of hydrogen-bond donors (Lipinski definition) is 2. The number of aromatic nitrogens is 1. The van der Waals surface area contributed by atoms with E-state index in [-0.39, 0.29) is 18.1 Å². The van der Waals surface area contributed by atoms with Crippen LogP contribution in [0.15, 0.2) is 18.3 Å². The van der Waals surface area contributed by atoms with E-state index in [1.807, 2.05) is 6.92 Å². The van der Waals surface area contributed by atoms with E-state index in [1.165, 1.54) is 6.20 Å². The van der Waals surface area contributed by atoms with Crippen LogP contribution in [0.4, 0.5) is 5.82 Å². The second-order valence-electron chi connectivity index (χ2n) is 4.25. The number of pyridine rings is 1. The first-order chi connectivity index (χ1) is 8.07. The first-order valence-corrected chi connectivity index (χ1v) is 5.71. The van der Waals surface area contributed by atoms with Crippen LogP contribution in [0.2, 0.25) is 5.02 Å². The lowest BCUT2D eigenvalue weighted by atomic mass is 10.0. The number of nitrogens with one attached hydrogen (secondary N) is 2. The van der Waals surface area contributed by atoms with E-state index in [2.05, 4.69) is 15.6 Å². The summed E-state index contributed by atoms with van der Waals surface area (Å²) in [6.45, 7) is 3.55. The minimum absolute atomic E-state index is 0.0302. The number of hydrogen-bond acceptors (Lipinski definition) is 4. The minimum atomic E-state index is -0.217. The summed E-state index contributed by atoms with van der Waals surface area (Å²) in [6, 6.07) is 3.31. The molecule has 0 spiro atoms. The highest BCUT2D eigenvalue weighted by atomic mass is 35.5. The number of anilines is 1. The number of carbonyl (C=O) groups excluding carboxylic acids is 1. The molecule has 1 fully saturated rings. The average Bonchev–Trinajstić information content (AvgIpc) is 2.27. The Balaban J connectivity index is 1.79. The quantitative estimate of drug-likeness (QED) is 0.844. The summed E-state index contributed by atoms with van der Waals surface area (Å²) in [4.78, 5) is 15.5. The van der Waals surface area contributed by atoms with Crippen molar-refractivity contribution in [3.05, 3.63) is 23.4 Å². The van der Waals surface area contributed by atoms with Crippen LogP contribution in [0.5, 0.6) is 0 Å². The van der Waals surface area contributed by atoms with Gasteiger partial charge in [0.2, 0.25) is 0 Å². The lowest BCUT2D eigenvalue weighted by Crippen LogP contribution is -2.59. The topological polar surface area (TPSA) is 63.2 Å². The molecule has 92 valence electrons. The maximum atomic E-state index is 11.6. The summed E-state index contributed by atoms with van der Waals surface area (Å²) in [5.74, 6) is 0.257. The summed E-state index contributed by atoms with van der Waals surface area (Å²) < 4.78 is 5.49. The van der Waals surface area contributed by atoms with Gasteiger partial charge in [-0.1, -0.05) is 11.6 Å². The summed E-state index contributed by atoms with van der Waals surface area (Å²) in [7, 11) is 0. The lowest BCUT2D eigenvalue weighted by Gasteiger charge is -2.38.